The minimum atomic E-state index is -0.534. The molecule has 2 aromatic rings. The van der Waals surface area contributed by atoms with Gasteiger partial charge in [0.05, 0.1) is 12.1 Å². The molecule has 0 amide bonds. The van der Waals surface area contributed by atoms with Crippen molar-refractivity contribution >= 4 is 11.6 Å². The van der Waals surface area contributed by atoms with Crippen molar-refractivity contribution in [1.82, 2.24) is 15.1 Å². The van der Waals surface area contributed by atoms with Crippen molar-refractivity contribution in [3.05, 3.63) is 35.2 Å². The first kappa shape index (κ1) is 14.5. The van der Waals surface area contributed by atoms with Crippen LogP contribution in [0.3, 0.4) is 0 Å². The van der Waals surface area contributed by atoms with Crippen molar-refractivity contribution in [1.29, 1.82) is 0 Å². The maximum Gasteiger partial charge on any atom is 0.247 e. The van der Waals surface area contributed by atoms with Crippen LogP contribution in [0, 0.1) is 0 Å². The van der Waals surface area contributed by atoms with Gasteiger partial charge in [0.2, 0.25) is 11.8 Å². The molecule has 1 fully saturated rings. The van der Waals surface area contributed by atoms with Crippen LogP contribution < -0.4 is 0 Å². The average Bonchev–Trinajstić information content (AvgIpc) is 2.87. The lowest BCUT2D eigenvalue weighted by molar-refractivity contribution is -0.109. The van der Waals surface area contributed by atoms with Gasteiger partial charge in [0.15, 0.2) is 0 Å². The van der Waals surface area contributed by atoms with E-state index < -0.39 is 5.60 Å². The van der Waals surface area contributed by atoms with Gasteiger partial charge in [-0.1, -0.05) is 24.9 Å². The van der Waals surface area contributed by atoms with Crippen molar-refractivity contribution in [2.75, 3.05) is 13.1 Å². The first-order valence-electron chi connectivity index (χ1n) is 7.11. The lowest BCUT2D eigenvalue weighted by Crippen LogP contribution is -2.60. The molecule has 0 spiro atoms. The summed E-state index contributed by atoms with van der Waals surface area (Å²) in [5.74, 6) is 1.06. The quantitative estimate of drug-likeness (QED) is 0.920. The molecule has 112 valence electrons. The van der Waals surface area contributed by atoms with Crippen LogP contribution in [-0.2, 0) is 6.54 Å². The van der Waals surface area contributed by atoms with Crippen molar-refractivity contribution in [3.8, 4) is 11.5 Å². The van der Waals surface area contributed by atoms with Crippen LogP contribution in [-0.4, -0.2) is 38.9 Å². The van der Waals surface area contributed by atoms with E-state index in [0.29, 0.717) is 36.4 Å². The van der Waals surface area contributed by atoms with Crippen LogP contribution in [0.2, 0.25) is 5.02 Å². The van der Waals surface area contributed by atoms with Gasteiger partial charge in [-0.2, -0.15) is 0 Å². The van der Waals surface area contributed by atoms with E-state index in [9.17, 15) is 5.11 Å². The zero-order valence-corrected chi connectivity index (χ0v) is 12.7. The van der Waals surface area contributed by atoms with Crippen LogP contribution in [0.4, 0.5) is 0 Å². The predicted octanol–water partition coefficient (Wildman–Crippen LogP) is 2.74. The smallest absolute Gasteiger partial charge is 0.247 e. The normalized spacial score (nSPS) is 17.7. The molecule has 21 heavy (non-hydrogen) atoms. The van der Waals surface area contributed by atoms with E-state index in [2.05, 4.69) is 22.0 Å². The minimum Gasteiger partial charge on any atom is -0.419 e. The van der Waals surface area contributed by atoms with Gasteiger partial charge in [-0.15, -0.1) is 10.2 Å². The van der Waals surface area contributed by atoms with Gasteiger partial charge in [-0.3, -0.25) is 4.90 Å². The fraction of sp³-hybridized carbons (Fsp3) is 0.467. The van der Waals surface area contributed by atoms with Crippen LogP contribution in [0.15, 0.2) is 28.7 Å². The number of likely N-dealkylation sites (tertiary alicyclic amines) is 1. The van der Waals surface area contributed by atoms with Gasteiger partial charge in [0, 0.05) is 23.7 Å². The molecular weight excluding hydrogens is 290 g/mol. The van der Waals surface area contributed by atoms with Gasteiger partial charge in [-0.05, 0) is 30.7 Å². The Morgan fingerprint density at radius 1 is 1.29 bits per heavy atom. The molecule has 5 nitrogen and oxygen atoms in total. The Morgan fingerprint density at radius 3 is 2.67 bits per heavy atom. The van der Waals surface area contributed by atoms with Crippen molar-refractivity contribution in [3.63, 3.8) is 0 Å². The fourth-order valence-electron chi connectivity index (χ4n) is 2.74. The molecule has 1 aliphatic heterocycles. The number of nitrogens with zero attached hydrogens (tertiary/aromatic N) is 3. The second kappa shape index (κ2) is 5.75. The van der Waals surface area contributed by atoms with Crippen molar-refractivity contribution in [2.24, 2.45) is 0 Å². The van der Waals surface area contributed by atoms with Crippen LogP contribution >= 0.6 is 11.6 Å². The Labute approximate surface area is 128 Å². The molecule has 1 saturated heterocycles. The van der Waals surface area contributed by atoms with E-state index in [1.54, 1.807) is 12.1 Å². The topological polar surface area (TPSA) is 62.4 Å². The average molecular weight is 308 g/mol. The van der Waals surface area contributed by atoms with E-state index in [1.165, 1.54) is 0 Å². The van der Waals surface area contributed by atoms with E-state index >= 15 is 0 Å². The maximum absolute atomic E-state index is 10.1. The number of aromatic nitrogens is 2. The van der Waals surface area contributed by atoms with E-state index in [1.807, 2.05) is 12.1 Å². The molecule has 0 bridgehead atoms. The van der Waals surface area contributed by atoms with Crippen molar-refractivity contribution in [2.45, 2.75) is 31.9 Å². The third kappa shape index (κ3) is 3.26. The Morgan fingerprint density at radius 2 is 2.00 bits per heavy atom. The summed E-state index contributed by atoms with van der Waals surface area (Å²) in [6.07, 6.45) is 1.83. The SMILES string of the molecule is CCCC1(O)CN(Cc2nnc(-c3ccc(Cl)cc3)o2)C1. The summed E-state index contributed by atoms with van der Waals surface area (Å²) >= 11 is 5.85. The Bertz CT molecular complexity index is 606. The lowest BCUT2D eigenvalue weighted by Gasteiger charge is -2.46. The number of halogens is 1. The predicted molar refractivity (Wildman–Crippen MR) is 79.9 cm³/mol. The molecule has 0 atom stereocenters. The minimum absolute atomic E-state index is 0.492. The second-order valence-corrected chi connectivity index (χ2v) is 6.06. The number of rotatable bonds is 5. The Kier molecular flexibility index (Phi) is 3.97. The van der Waals surface area contributed by atoms with Crippen molar-refractivity contribution < 1.29 is 9.52 Å². The Balaban J connectivity index is 1.60. The zero-order chi connectivity index (χ0) is 14.9. The third-order valence-electron chi connectivity index (χ3n) is 3.67. The summed E-state index contributed by atoms with van der Waals surface area (Å²) in [4.78, 5) is 2.11. The highest BCUT2D eigenvalue weighted by atomic mass is 35.5. The highest BCUT2D eigenvalue weighted by Gasteiger charge is 2.40. The number of benzene rings is 1. The number of hydrogen-bond acceptors (Lipinski definition) is 5. The summed E-state index contributed by atoms with van der Waals surface area (Å²) in [7, 11) is 0. The monoisotopic (exact) mass is 307 g/mol. The van der Waals surface area contributed by atoms with Gasteiger partial charge >= 0.3 is 0 Å². The van der Waals surface area contributed by atoms with Gasteiger partial charge in [0.1, 0.15) is 0 Å². The fourth-order valence-corrected chi connectivity index (χ4v) is 2.87. The number of aliphatic hydroxyl groups is 1. The molecule has 1 aromatic heterocycles. The molecule has 3 rings (SSSR count). The summed E-state index contributed by atoms with van der Waals surface area (Å²) in [6.45, 7) is 3.99. The first-order chi connectivity index (χ1) is 10.1. The second-order valence-electron chi connectivity index (χ2n) is 5.63. The molecule has 1 aromatic carbocycles. The first-order valence-corrected chi connectivity index (χ1v) is 7.49. The molecule has 0 radical (unpaired) electrons. The van der Waals surface area contributed by atoms with Gasteiger partial charge in [0.25, 0.3) is 0 Å². The van der Waals surface area contributed by atoms with Crippen LogP contribution in [0.25, 0.3) is 11.5 Å². The molecule has 2 heterocycles. The number of hydrogen-bond donors (Lipinski definition) is 1. The molecule has 0 saturated carbocycles. The molecule has 1 N–H and O–H groups in total. The molecule has 1 aliphatic rings. The zero-order valence-electron chi connectivity index (χ0n) is 11.9. The highest BCUT2D eigenvalue weighted by molar-refractivity contribution is 6.30. The van der Waals surface area contributed by atoms with Crippen LogP contribution in [0.1, 0.15) is 25.7 Å². The van der Waals surface area contributed by atoms with Gasteiger partial charge in [-0.25, -0.2) is 0 Å². The molecule has 0 aliphatic carbocycles. The molecule has 6 heteroatoms. The maximum atomic E-state index is 10.1. The number of β-amino-alcohol motifs (C(OH)–C–C–N with tert-alkyl or cyclic N) is 1. The largest absolute Gasteiger partial charge is 0.419 e. The third-order valence-corrected chi connectivity index (χ3v) is 3.92. The highest BCUT2D eigenvalue weighted by Crippen LogP contribution is 2.27. The summed E-state index contributed by atoms with van der Waals surface area (Å²) in [5.41, 5.74) is 0.317. The van der Waals surface area contributed by atoms with E-state index in [0.717, 1.165) is 18.4 Å². The van der Waals surface area contributed by atoms with E-state index in [4.69, 9.17) is 16.0 Å². The van der Waals surface area contributed by atoms with E-state index in [-0.39, 0.29) is 0 Å². The molecule has 0 unspecified atom stereocenters. The lowest BCUT2D eigenvalue weighted by atomic mass is 9.89. The summed E-state index contributed by atoms with van der Waals surface area (Å²) < 4.78 is 5.66. The Hall–Kier alpha value is -1.43. The molecular formula is C15H18ClN3O2. The summed E-state index contributed by atoms with van der Waals surface area (Å²) in [6, 6.07) is 7.29. The van der Waals surface area contributed by atoms with Crippen LogP contribution in [0.5, 0.6) is 0 Å². The standard InChI is InChI=1S/C15H18ClN3O2/c1-2-7-15(20)9-19(10-15)8-13-17-18-14(21-13)11-3-5-12(16)6-4-11/h3-6,20H,2,7-10H2,1H3. The van der Waals surface area contributed by atoms with Gasteiger partial charge < -0.3 is 9.52 Å². The summed E-state index contributed by atoms with van der Waals surface area (Å²) in [5, 5.41) is 18.9.